The first kappa shape index (κ1) is 15.1. The Bertz CT molecular complexity index is 497. The van der Waals surface area contributed by atoms with Crippen molar-refractivity contribution in [3.8, 4) is 0 Å². The number of urea groups is 1. The molecule has 0 aliphatic heterocycles. The second kappa shape index (κ2) is 8.16. The molecule has 2 aromatic rings. The Hall–Kier alpha value is -2.00. The Kier molecular flexibility index (Phi) is 6.47. The number of amides is 2. The smallest absolute Gasteiger partial charge is 0.316 e. The van der Waals surface area contributed by atoms with Crippen molar-refractivity contribution in [2.75, 3.05) is 5.32 Å². The quantitative estimate of drug-likeness (QED) is 0.853. The van der Waals surface area contributed by atoms with Gasteiger partial charge in [-0.15, -0.1) is 0 Å². The van der Waals surface area contributed by atoms with Gasteiger partial charge in [0.2, 0.25) is 0 Å². The van der Waals surface area contributed by atoms with Gasteiger partial charge in [0.15, 0.2) is 0 Å². The summed E-state index contributed by atoms with van der Waals surface area (Å²) in [5.74, 6) is 0. The van der Waals surface area contributed by atoms with E-state index in [9.17, 15) is 4.79 Å². The average molecular weight is 277 g/mol. The minimum absolute atomic E-state index is 0.536. The van der Waals surface area contributed by atoms with Crippen molar-refractivity contribution in [2.45, 2.75) is 13.3 Å². The summed E-state index contributed by atoms with van der Waals surface area (Å²) in [4.78, 5) is 10.3. The molecule has 19 heavy (non-hydrogen) atoms. The summed E-state index contributed by atoms with van der Waals surface area (Å²) in [7, 11) is 0. The first-order valence-corrected chi connectivity index (χ1v) is 6.35. The number of nitrogens with one attached hydrogen (secondary N) is 1. The van der Waals surface area contributed by atoms with Gasteiger partial charge in [-0.1, -0.05) is 48.9 Å². The monoisotopic (exact) mass is 276 g/mol. The third-order valence-electron chi connectivity index (χ3n) is 2.36. The summed E-state index contributed by atoms with van der Waals surface area (Å²) < 4.78 is 0. The Morgan fingerprint density at radius 3 is 2.16 bits per heavy atom. The Morgan fingerprint density at radius 1 is 1.11 bits per heavy atom. The van der Waals surface area contributed by atoms with Gasteiger partial charge in [-0.25, -0.2) is 4.79 Å². The number of benzene rings is 2. The summed E-state index contributed by atoms with van der Waals surface area (Å²) in [5.41, 5.74) is 6.92. The van der Waals surface area contributed by atoms with Crippen LogP contribution in [-0.2, 0) is 6.42 Å². The lowest BCUT2D eigenvalue weighted by atomic mass is 10.2. The summed E-state index contributed by atoms with van der Waals surface area (Å²) in [6.45, 7) is 2.13. The molecular weight excluding hydrogens is 260 g/mol. The number of para-hydroxylation sites is 1. The fourth-order valence-corrected chi connectivity index (χ4v) is 1.51. The van der Waals surface area contributed by atoms with Crippen LogP contribution >= 0.6 is 11.6 Å². The summed E-state index contributed by atoms with van der Waals surface area (Å²) in [5, 5.41) is 3.26. The molecule has 100 valence electrons. The van der Waals surface area contributed by atoms with E-state index in [4.69, 9.17) is 17.3 Å². The number of carbonyl (C=O) groups excluding carboxylic acids is 1. The van der Waals surface area contributed by atoms with E-state index in [1.165, 1.54) is 5.56 Å². The maximum atomic E-state index is 10.3. The van der Waals surface area contributed by atoms with Gasteiger partial charge >= 0.3 is 6.03 Å². The third kappa shape index (κ3) is 6.48. The number of primary amides is 1. The Morgan fingerprint density at radius 2 is 1.68 bits per heavy atom. The number of nitrogens with two attached hydrogens (primary N) is 1. The first-order chi connectivity index (χ1) is 9.11. The van der Waals surface area contributed by atoms with Gasteiger partial charge in [0.1, 0.15) is 0 Å². The van der Waals surface area contributed by atoms with Crippen molar-refractivity contribution in [3.05, 3.63) is 65.2 Å². The third-order valence-corrected chi connectivity index (χ3v) is 2.61. The number of hydrogen-bond acceptors (Lipinski definition) is 1. The lowest BCUT2D eigenvalue weighted by Gasteiger charge is -1.97. The highest BCUT2D eigenvalue weighted by Gasteiger charge is 1.90. The number of halogens is 1. The number of rotatable bonds is 2. The standard InChI is InChI=1S/C8H9Cl.C7H8N2O/c1-2-7-3-5-8(9)6-4-7;8-7(10)9-6-4-2-1-3-5-6/h3-6H,2H2,1H3;1-5H,(H3,8,9,10). The lowest BCUT2D eigenvalue weighted by molar-refractivity contribution is 0.259. The second-order valence-electron chi connectivity index (χ2n) is 3.84. The van der Waals surface area contributed by atoms with Crippen LogP contribution in [0.15, 0.2) is 54.6 Å². The van der Waals surface area contributed by atoms with Crippen molar-refractivity contribution < 1.29 is 4.79 Å². The molecule has 0 aliphatic carbocycles. The maximum Gasteiger partial charge on any atom is 0.316 e. The van der Waals surface area contributed by atoms with Gasteiger partial charge in [0.25, 0.3) is 0 Å². The molecule has 0 atom stereocenters. The highest BCUT2D eigenvalue weighted by Crippen LogP contribution is 2.09. The van der Waals surface area contributed by atoms with Crippen LogP contribution in [0.3, 0.4) is 0 Å². The number of hydrogen-bond donors (Lipinski definition) is 2. The molecule has 0 radical (unpaired) electrons. The molecule has 0 fully saturated rings. The van der Waals surface area contributed by atoms with Crippen LogP contribution < -0.4 is 11.1 Å². The van der Waals surface area contributed by atoms with Crippen molar-refractivity contribution in [3.63, 3.8) is 0 Å². The molecule has 0 aliphatic rings. The molecule has 0 spiro atoms. The summed E-state index contributed by atoms with van der Waals surface area (Å²) in [6.07, 6.45) is 1.08. The predicted octanol–water partition coefficient (Wildman–Crippen LogP) is 4.08. The van der Waals surface area contributed by atoms with Crippen molar-refractivity contribution in [1.82, 2.24) is 0 Å². The topological polar surface area (TPSA) is 55.1 Å². The molecular formula is C15H17ClN2O. The molecule has 0 saturated carbocycles. The van der Waals surface area contributed by atoms with Crippen LogP contribution in [0.1, 0.15) is 12.5 Å². The highest BCUT2D eigenvalue weighted by molar-refractivity contribution is 6.30. The van der Waals surface area contributed by atoms with Crippen LogP contribution in [-0.4, -0.2) is 6.03 Å². The van der Waals surface area contributed by atoms with Gasteiger partial charge in [0, 0.05) is 10.7 Å². The Labute approximate surface area is 118 Å². The molecule has 0 unspecified atom stereocenters. The zero-order valence-corrected chi connectivity index (χ0v) is 11.5. The van der Waals surface area contributed by atoms with E-state index >= 15 is 0 Å². The normalized spacial score (nSPS) is 9.16. The summed E-state index contributed by atoms with van der Waals surface area (Å²) >= 11 is 5.67. The van der Waals surface area contributed by atoms with Gasteiger partial charge in [-0.2, -0.15) is 0 Å². The van der Waals surface area contributed by atoms with Crippen LogP contribution in [0.2, 0.25) is 5.02 Å². The average Bonchev–Trinajstić information content (AvgIpc) is 2.41. The van der Waals surface area contributed by atoms with Crippen LogP contribution in [0, 0.1) is 0 Å². The van der Waals surface area contributed by atoms with Crippen LogP contribution in [0.4, 0.5) is 10.5 Å². The molecule has 0 aromatic heterocycles. The van der Waals surface area contributed by atoms with Crippen LogP contribution in [0.25, 0.3) is 0 Å². The van der Waals surface area contributed by atoms with Crippen LogP contribution in [0.5, 0.6) is 0 Å². The lowest BCUT2D eigenvalue weighted by Crippen LogP contribution is -2.18. The van der Waals surface area contributed by atoms with E-state index in [0.29, 0.717) is 0 Å². The van der Waals surface area contributed by atoms with E-state index in [-0.39, 0.29) is 0 Å². The number of carbonyl (C=O) groups is 1. The number of aryl methyl sites for hydroxylation is 1. The second-order valence-corrected chi connectivity index (χ2v) is 4.27. The molecule has 0 bridgehead atoms. The van der Waals surface area contributed by atoms with Gasteiger partial charge < -0.3 is 11.1 Å². The van der Waals surface area contributed by atoms with Gasteiger partial charge in [0.05, 0.1) is 0 Å². The predicted molar refractivity (Wildman–Crippen MR) is 80.5 cm³/mol. The molecule has 0 heterocycles. The molecule has 3 nitrogen and oxygen atoms in total. The fraction of sp³-hybridized carbons (Fsp3) is 0.133. The molecule has 0 saturated heterocycles. The fourth-order valence-electron chi connectivity index (χ4n) is 1.38. The van der Waals surface area contributed by atoms with Gasteiger partial charge in [-0.3, -0.25) is 0 Å². The first-order valence-electron chi connectivity index (χ1n) is 5.97. The zero-order valence-electron chi connectivity index (χ0n) is 10.8. The zero-order chi connectivity index (χ0) is 14.1. The van der Waals surface area contributed by atoms with Crippen molar-refractivity contribution in [2.24, 2.45) is 5.73 Å². The molecule has 4 heteroatoms. The van der Waals surface area contributed by atoms with E-state index in [1.807, 2.05) is 42.5 Å². The van der Waals surface area contributed by atoms with Crippen molar-refractivity contribution >= 4 is 23.3 Å². The molecule has 3 N–H and O–H groups in total. The minimum atomic E-state index is -0.536. The molecule has 2 aromatic carbocycles. The SMILES string of the molecule is CCc1ccc(Cl)cc1.NC(=O)Nc1ccccc1. The summed E-state index contributed by atoms with van der Waals surface area (Å²) in [6, 6.07) is 16.4. The minimum Gasteiger partial charge on any atom is -0.351 e. The van der Waals surface area contributed by atoms with Gasteiger partial charge in [-0.05, 0) is 36.2 Å². The van der Waals surface area contributed by atoms with E-state index in [2.05, 4.69) is 12.2 Å². The van der Waals surface area contributed by atoms with E-state index in [1.54, 1.807) is 12.1 Å². The number of anilines is 1. The van der Waals surface area contributed by atoms with E-state index in [0.717, 1.165) is 17.1 Å². The molecule has 2 amide bonds. The highest BCUT2D eigenvalue weighted by atomic mass is 35.5. The molecule has 2 rings (SSSR count). The van der Waals surface area contributed by atoms with E-state index < -0.39 is 6.03 Å². The Balaban J connectivity index is 0.000000191. The largest absolute Gasteiger partial charge is 0.351 e. The van der Waals surface area contributed by atoms with Crippen molar-refractivity contribution in [1.29, 1.82) is 0 Å². The maximum absolute atomic E-state index is 10.3.